The SMILES string of the molecule is N=C(N)c1cccc(C[C@](NC2NC(OC(=O)O)Cc3ccccc32)(C(=O)O)S(=O)(=O)c2ccc3ccccc3c2)c1. The molecule has 4 aromatic carbocycles. The van der Waals surface area contributed by atoms with Gasteiger partial charge in [-0.1, -0.05) is 72.8 Å². The molecule has 0 amide bonds. The topological polar surface area (TPSA) is 192 Å². The number of hydrogen-bond acceptors (Lipinski definition) is 8. The van der Waals surface area contributed by atoms with Crippen molar-refractivity contribution >= 4 is 38.6 Å². The molecule has 5 rings (SSSR count). The van der Waals surface area contributed by atoms with E-state index in [9.17, 15) is 28.2 Å². The molecule has 0 spiro atoms. The molecular weight excluding hydrogens is 560 g/mol. The van der Waals surface area contributed by atoms with Crippen LogP contribution in [0.3, 0.4) is 0 Å². The van der Waals surface area contributed by atoms with Crippen LogP contribution in [0.2, 0.25) is 0 Å². The van der Waals surface area contributed by atoms with Gasteiger partial charge in [0.2, 0.25) is 14.7 Å². The lowest BCUT2D eigenvalue weighted by Gasteiger charge is -2.39. The molecule has 12 heteroatoms. The first-order valence-corrected chi connectivity index (χ1v) is 14.4. The number of amidine groups is 1. The van der Waals surface area contributed by atoms with Crippen LogP contribution < -0.4 is 16.4 Å². The van der Waals surface area contributed by atoms with Crippen LogP contribution in [0.4, 0.5) is 4.79 Å². The summed E-state index contributed by atoms with van der Waals surface area (Å²) in [4.78, 5) is 21.8. The van der Waals surface area contributed by atoms with Crippen molar-refractivity contribution in [3.63, 3.8) is 0 Å². The van der Waals surface area contributed by atoms with Gasteiger partial charge in [0.1, 0.15) is 5.84 Å². The molecule has 0 saturated carbocycles. The maximum atomic E-state index is 14.5. The number of rotatable bonds is 9. The number of carbonyl (C=O) groups is 2. The number of ether oxygens (including phenoxy) is 1. The van der Waals surface area contributed by atoms with Crippen molar-refractivity contribution in [3.8, 4) is 0 Å². The molecule has 1 aliphatic heterocycles. The van der Waals surface area contributed by atoms with Gasteiger partial charge in [-0.3, -0.25) is 16.0 Å². The van der Waals surface area contributed by atoms with Crippen molar-refractivity contribution in [1.82, 2.24) is 10.6 Å². The van der Waals surface area contributed by atoms with Gasteiger partial charge in [-0.05, 0) is 45.7 Å². The summed E-state index contributed by atoms with van der Waals surface area (Å²) < 4.78 is 34.1. The first kappa shape index (κ1) is 28.7. The van der Waals surface area contributed by atoms with E-state index < -0.39 is 45.6 Å². The quantitative estimate of drug-likeness (QED) is 0.0959. The average molecular weight is 589 g/mol. The standard InChI is InChI=1S/C30H28N4O7S/c31-26(32)22-10-5-6-18(14-22)17-30(28(35)36,42(39,40)23-13-12-19-7-1-2-8-20(19)15-23)34-27-24-11-4-3-9-21(24)16-25(33-27)41-29(37)38/h1-15,25,27,33-34H,16-17H2,(H3,31,32)(H,35,36)(H,37,38)/t25?,27?,30-/m1/s1. The smallest absolute Gasteiger partial charge is 0.479 e. The van der Waals surface area contributed by atoms with E-state index in [2.05, 4.69) is 10.6 Å². The summed E-state index contributed by atoms with van der Waals surface area (Å²) >= 11 is 0. The van der Waals surface area contributed by atoms with Gasteiger partial charge in [0.05, 0.1) is 11.1 Å². The second-order valence-corrected chi connectivity index (χ2v) is 12.1. The molecule has 0 saturated heterocycles. The zero-order valence-corrected chi connectivity index (χ0v) is 23.0. The molecule has 42 heavy (non-hydrogen) atoms. The highest BCUT2D eigenvalue weighted by Crippen LogP contribution is 2.34. The molecule has 0 radical (unpaired) electrons. The molecule has 7 N–H and O–H groups in total. The van der Waals surface area contributed by atoms with Crippen LogP contribution in [0.15, 0.2) is 95.9 Å². The summed E-state index contributed by atoms with van der Waals surface area (Å²) in [6, 6.07) is 24.5. The van der Waals surface area contributed by atoms with Crippen molar-refractivity contribution in [1.29, 1.82) is 5.41 Å². The zero-order chi connectivity index (χ0) is 30.1. The minimum atomic E-state index is -4.72. The number of aliphatic carboxylic acids is 1. The zero-order valence-electron chi connectivity index (χ0n) is 22.2. The number of sulfone groups is 1. The Morgan fingerprint density at radius 2 is 1.69 bits per heavy atom. The van der Waals surface area contributed by atoms with Gasteiger partial charge >= 0.3 is 12.1 Å². The molecule has 0 aromatic heterocycles. The van der Waals surface area contributed by atoms with Crippen molar-refractivity contribution < 1.29 is 33.0 Å². The first-order valence-electron chi connectivity index (χ1n) is 12.9. The predicted molar refractivity (Wildman–Crippen MR) is 155 cm³/mol. The highest BCUT2D eigenvalue weighted by Gasteiger charge is 2.54. The minimum Gasteiger partial charge on any atom is -0.479 e. The van der Waals surface area contributed by atoms with Crippen molar-refractivity contribution in [2.45, 2.75) is 35.0 Å². The maximum Gasteiger partial charge on any atom is 0.507 e. The summed E-state index contributed by atoms with van der Waals surface area (Å²) in [6.07, 6.45) is -4.16. The van der Waals surface area contributed by atoms with E-state index in [0.29, 0.717) is 27.6 Å². The van der Waals surface area contributed by atoms with E-state index in [0.717, 1.165) is 5.39 Å². The van der Waals surface area contributed by atoms with E-state index in [4.69, 9.17) is 15.9 Å². The van der Waals surface area contributed by atoms with Crippen LogP contribution in [0.5, 0.6) is 0 Å². The van der Waals surface area contributed by atoms with E-state index in [1.807, 2.05) is 12.1 Å². The van der Waals surface area contributed by atoms with E-state index >= 15 is 0 Å². The molecule has 216 valence electrons. The molecule has 0 aliphatic carbocycles. The van der Waals surface area contributed by atoms with E-state index in [1.54, 1.807) is 60.7 Å². The number of hydrogen-bond donors (Lipinski definition) is 6. The fraction of sp³-hybridized carbons (Fsp3) is 0.167. The predicted octanol–water partition coefficient (Wildman–Crippen LogP) is 3.38. The number of benzene rings is 4. The number of nitrogens with two attached hydrogens (primary N) is 1. The lowest BCUT2D eigenvalue weighted by Crippen LogP contribution is -2.64. The molecule has 0 fully saturated rings. The molecule has 1 heterocycles. The summed E-state index contributed by atoms with van der Waals surface area (Å²) in [5.74, 6) is -1.94. The fourth-order valence-corrected chi connectivity index (χ4v) is 7.03. The van der Waals surface area contributed by atoms with Crippen LogP contribution in [-0.2, 0) is 32.2 Å². The third-order valence-electron chi connectivity index (χ3n) is 7.27. The summed E-state index contributed by atoms with van der Waals surface area (Å²) in [5.41, 5.74) is 7.44. The average Bonchev–Trinajstić information content (AvgIpc) is 2.96. The summed E-state index contributed by atoms with van der Waals surface area (Å²) in [5, 5.41) is 35.0. The minimum absolute atomic E-state index is 0.152. The third-order valence-corrected chi connectivity index (χ3v) is 9.50. The summed E-state index contributed by atoms with van der Waals surface area (Å²) in [6.45, 7) is 0. The van der Waals surface area contributed by atoms with Crippen molar-refractivity contribution in [2.75, 3.05) is 0 Å². The van der Waals surface area contributed by atoms with E-state index in [-0.39, 0.29) is 17.2 Å². The van der Waals surface area contributed by atoms with Gasteiger partial charge in [0.15, 0.2) is 6.23 Å². The van der Waals surface area contributed by atoms with E-state index in [1.165, 1.54) is 18.2 Å². The van der Waals surface area contributed by atoms with Crippen molar-refractivity contribution in [2.24, 2.45) is 5.73 Å². The summed E-state index contributed by atoms with van der Waals surface area (Å²) in [7, 11) is -4.72. The molecule has 3 atom stereocenters. The number of nitrogen functional groups attached to an aromatic ring is 1. The number of carboxylic acid groups (broad SMARTS) is 2. The molecule has 2 unspecified atom stereocenters. The highest BCUT2D eigenvalue weighted by atomic mass is 32.2. The Balaban J connectivity index is 1.68. The highest BCUT2D eigenvalue weighted by molar-refractivity contribution is 7.93. The number of fused-ring (bicyclic) bond motifs is 2. The van der Waals surface area contributed by atoms with Crippen LogP contribution in [0.1, 0.15) is 28.4 Å². The molecule has 0 bridgehead atoms. The van der Waals surface area contributed by atoms with Gasteiger partial charge in [0, 0.05) is 18.4 Å². The molecule has 4 aromatic rings. The Labute approximate surface area is 241 Å². The van der Waals surface area contributed by atoms with Crippen LogP contribution >= 0.6 is 0 Å². The monoisotopic (exact) mass is 588 g/mol. The molecule has 1 aliphatic rings. The molecule has 11 nitrogen and oxygen atoms in total. The Bertz CT molecular complexity index is 1810. The van der Waals surface area contributed by atoms with Gasteiger partial charge in [-0.2, -0.15) is 0 Å². The largest absolute Gasteiger partial charge is 0.507 e. The lowest BCUT2D eigenvalue weighted by atomic mass is 9.95. The number of carboxylic acids is 1. The third kappa shape index (κ3) is 5.42. The van der Waals surface area contributed by atoms with Crippen molar-refractivity contribution in [3.05, 3.63) is 113 Å². The normalized spacial score (nSPS) is 18.0. The Kier molecular flexibility index (Phi) is 7.69. The van der Waals surface area contributed by atoms with Gasteiger partial charge in [-0.25, -0.2) is 18.0 Å². The second kappa shape index (κ2) is 11.2. The Morgan fingerprint density at radius 1 is 0.976 bits per heavy atom. The van der Waals surface area contributed by atoms with Crippen LogP contribution in [0.25, 0.3) is 10.8 Å². The fourth-order valence-electron chi connectivity index (χ4n) is 5.23. The molecular formula is C30H28N4O7S. The van der Waals surface area contributed by atoms with Gasteiger partial charge < -0.3 is 20.7 Å². The lowest BCUT2D eigenvalue weighted by molar-refractivity contribution is -0.141. The van der Waals surface area contributed by atoms with Gasteiger partial charge in [-0.15, -0.1) is 0 Å². The Hall–Kier alpha value is -4.78. The first-order chi connectivity index (χ1) is 20.0. The van der Waals surface area contributed by atoms with Crippen LogP contribution in [-0.4, -0.2) is 47.7 Å². The van der Waals surface area contributed by atoms with Crippen LogP contribution in [0, 0.1) is 5.41 Å². The number of nitrogens with one attached hydrogen (secondary N) is 3. The maximum absolute atomic E-state index is 14.5. The van der Waals surface area contributed by atoms with Gasteiger partial charge in [0.25, 0.3) is 0 Å². The second-order valence-electron chi connectivity index (χ2n) is 9.95. The Morgan fingerprint density at radius 3 is 2.40 bits per heavy atom.